The molecule has 1 aliphatic carbocycles. The molecule has 4 rings (SSSR count). The first kappa shape index (κ1) is 25.2. The molecule has 1 unspecified atom stereocenters. The van der Waals surface area contributed by atoms with Crippen LogP contribution in [0.15, 0.2) is 18.2 Å². The van der Waals surface area contributed by atoms with Gasteiger partial charge in [-0.25, -0.2) is 14.6 Å². The zero-order valence-electron chi connectivity index (χ0n) is 21.3. The number of fused-ring (bicyclic) bond motifs is 1. The van der Waals surface area contributed by atoms with Crippen molar-refractivity contribution >= 4 is 28.9 Å². The molecule has 1 aliphatic heterocycles. The number of esters is 1. The number of aromatic nitrogens is 2. The fraction of sp³-hybridized carbons (Fsp3) is 0.615. The molecule has 2 aliphatic rings. The number of rotatable bonds is 7. The van der Waals surface area contributed by atoms with Gasteiger partial charge in [0, 0.05) is 32.7 Å². The summed E-state index contributed by atoms with van der Waals surface area (Å²) < 4.78 is 17.6. The number of likely N-dealkylation sites (tertiary alicyclic amines) is 1. The lowest BCUT2D eigenvalue weighted by Crippen LogP contribution is -2.42. The molecule has 1 aromatic carbocycles. The topological polar surface area (TPSA) is 100.0 Å². The summed E-state index contributed by atoms with van der Waals surface area (Å²) in [5.74, 6) is 0.432. The molecule has 1 saturated heterocycles. The van der Waals surface area contributed by atoms with Crippen LogP contribution in [0.25, 0.3) is 11.0 Å². The molecule has 2 fully saturated rings. The molecule has 9 nitrogen and oxygen atoms in total. The van der Waals surface area contributed by atoms with E-state index in [9.17, 15) is 14.4 Å². The highest BCUT2D eigenvalue weighted by atomic mass is 16.6. The lowest BCUT2D eigenvalue weighted by molar-refractivity contribution is -0.120. The van der Waals surface area contributed by atoms with E-state index < -0.39 is 11.6 Å². The molecular weight excluding hydrogens is 450 g/mol. The van der Waals surface area contributed by atoms with Crippen LogP contribution in [0.1, 0.15) is 56.2 Å². The monoisotopic (exact) mass is 485 g/mol. The van der Waals surface area contributed by atoms with Crippen LogP contribution in [0.5, 0.6) is 0 Å². The Bertz CT molecular complexity index is 1120. The third-order valence-corrected chi connectivity index (χ3v) is 7.09. The number of piperidine rings is 1. The Morgan fingerprint density at radius 2 is 1.86 bits per heavy atom. The Balaban J connectivity index is 1.45. The van der Waals surface area contributed by atoms with Crippen molar-refractivity contribution in [2.24, 2.45) is 11.3 Å². The number of benzene rings is 1. The average Bonchev–Trinajstić information content (AvgIpc) is 3.40. The van der Waals surface area contributed by atoms with E-state index in [0.29, 0.717) is 37.6 Å². The average molecular weight is 486 g/mol. The Kier molecular flexibility index (Phi) is 6.90. The summed E-state index contributed by atoms with van der Waals surface area (Å²) in [4.78, 5) is 44.2. The summed E-state index contributed by atoms with van der Waals surface area (Å²) in [5.41, 5.74) is 1.42. The number of imidazole rings is 1. The van der Waals surface area contributed by atoms with Crippen molar-refractivity contribution in [2.45, 2.75) is 58.6 Å². The van der Waals surface area contributed by atoms with E-state index in [-0.39, 0.29) is 29.6 Å². The van der Waals surface area contributed by atoms with Crippen molar-refractivity contribution < 1.29 is 28.6 Å². The minimum Gasteiger partial charge on any atom is -0.465 e. The van der Waals surface area contributed by atoms with E-state index in [1.165, 1.54) is 7.11 Å². The zero-order valence-corrected chi connectivity index (χ0v) is 21.3. The van der Waals surface area contributed by atoms with Gasteiger partial charge in [-0.3, -0.25) is 4.79 Å². The Labute approximate surface area is 205 Å². The van der Waals surface area contributed by atoms with Crippen LogP contribution in [0.2, 0.25) is 0 Å². The zero-order chi connectivity index (χ0) is 25.4. The number of carbonyl (C=O) groups excluding carboxylic acids is 3. The third-order valence-electron chi connectivity index (χ3n) is 7.09. The lowest BCUT2D eigenvalue weighted by atomic mass is 9.89. The molecule has 1 amide bonds. The van der Waals surface area contributed by atoms with Crippen molar-refractivity contribution in [3.8, 4) is 0 Å². The minimum atomic E-state index is -0.518. The van der Waals surface area contributed by atoms with Crippen LogP contribution in [0, 0.1) is 11.3 Å². The summed E-state index contributed by atoms with van der Waals surface area (Å²) in [6.45, 7) is 7.80. The van der Waals surface area contributed by atoms with E-state index in [4.69, 9.17) is 19.2 Å². The molecule has 0 radical (unpaired) electrons. The van der Waals surface area contributed by atoms with Crippen molar-refractivity contribution in [3.63, 3.8) is 0 Å². The SMILES string of the molecule is COCCn1c(CC(=O)C2CC23CCN(C(=O)OC(C)(C)C)CC3)nc2ccc(C(=O)OC)cc21. The molecule has 1 saturated carbocycles. The van der Waals surface area contributed by atoms with Gasteiger partial charge < -0.3 is 23.7 Å². The standard InChI is InChI=1S/C26H35N3O6/c1-25(2,3)35-24(32)28-10-8-26(9-11-28)16-18(26)21(30)15-22-27-19-7-6-17(23(31)34-5)14-20(19)29(22)12-13-33-4/h6-7,14,18H,8-13,15-16H2,1-5H3. The van der Waals surface area contributed by atoms with Crippen LogP contribution in [0.4, 0.5) is 4.79 Å². The van der Waals surface area contributed by atoms with Gasteiger partial charge in [0.25, 0.3) is 0 Å². The van der Waals surface area contributed by atoms with Crippen molar-refractivity contribution in [1.82, 2.24) is 14.5 Å². The number of methoxy groups -OCH3 is 2. The number of Topliss-reactive ketones (excluding diaryl/α,β-unsaturated/α-hetero) is 1. The Hall–Kier alpha value is -2.94. The summed E-state index contributed by atoms with van der Waals surface area (Å²) in [6.07, 6.45) is 2.43. The van der Waals surface area contributed by atoms with Gasteiger partial charge in [-0.1, -0.05) is 0 Å². The highest BCUT2D eigenvalue weighted by Crippen LogP contribution is 2.60. The smallest absolute Gasteiger partial charge is 0.410 e. The first-order valence-electron chi connectivity index (χ1n) is 12.1. The number of ether oxygens (including phenoxy) is 3. The van der Waals surface area contributed by atoms with Gasteiger partial charge in [0.2, 0.25) is 0 Å². The number of hydrogen-bond acceptors (Lipinski definition) is 7. The van der Waals surface area contributed by atoms with Crippen LogP contribution in [0.3, 0.4) is 0 Å². The fourth-order valence-corrected chi connectivity index (χ4v) is 5.08. The normalized spacial score (nSPS) is 19.1. The summed E-state index contributed by atoms with van der Waals surface area (Å²) in [6, 6.07) is 5.22. The van der Waals surface area contributed by atoms with Gasteiger partial charge in [0.1, 0.15) is 17.2 Å². The summed E-state index contributed by atoms with van der Waals surface area (Å²) in [5, 5.41) is 0. The lowest BCUT2D eigenvalue weighted by Gasteiger charge is -2.34. The van der Waals surface area contributed by atoms with Crippen LogP contribution < -0.4 is 0 Å². The quantitative estimate of drug-likeness (QED) is 0.552. The van der Waals surface area contributed by atoms with E-state index in [1.807, 2.05) is 25.3 Å². The molecule has 2 aromatic rings. The van der Waals surface area contributed by atoms with Crippen LogP contribution in [-0.2, 0) is 32.0 Å². The van der Waals surface area contributed by atoms with E-state index in [2.05, 4.69) is 0 Å². The van der Waals surface area contributed by atoms with E-state index in [1.54, 1.807) is 30.2 Å². The van der Waals surface area contributed by atoms with Crippen LogP contribution >= 0.6 is 0 Å². The molecule has 1 atom stereocenters. The Morgan fingerprint density at radius 1 is 1.14 bits per heavy atom. The second-order valence-corrected chi connectivity index (χ2v) is 10.6. The van der Waals surface area contributed by atoms with Gasteiger partial charge >= 0.3 is 12.1 Å². The highest BCUT2D eigenvalue weighted by molar-refractivity contribution is 5.94. The second-order valence-electron chi connectivity index (χ2n) is 10.6. The van der Waals surface area contributed by atoms with Crippen molar-refractivity contribution in [2.75, 3.05) is 33.9 Å². The maximum atomic E-state index is 13.3. The van der Waals surface area contributed by atoms with Gasteiger partial charge in [-0.15, -0.1) is 0 Å². The van der Waals surface area contributed by atoms with E-state index in [0.717, 1.165) is 30.3 Å². The molecule has 0 N–H and O–H groups in total. The molecular formula is C26H35N3O6. The maximum absolute atomic E-state index is 13.3. The van der Waals surface area contributed by atoms with Gasteiger partial charge in [-0.05, 0) is 63.6 Å². The second kappa shape index (κ2) is 9.60. The molecule has 0 bridgehead atoms. The molecule has 2 heterocycles. The number of carbonyl (C=O) groups is 3. The highest BCUT2D eigenvalue weighted by Gasteiger charge is 2.58. The largest absolute Gasteiger partial charge is 0.465 e. The van der Waals surface area contributed by atoms with Crippen molar-refractivity contribution in [3.05, 3.63) is 29.6 Å². The fourth-order valence-electron chi connectivity index (χ4n) is 5.08. The molecule has 1 aromatic heterocycles. The summed E-state index contributed by atoms with van der Waals surface area (Å²) in [7, 11) is 2.98. The molecule has 1 spiro atoms. The Morgan fingerprint density at radius 3 is 2.49 bits per heavy atom. The maximum Gasteiger partial charge on any atom is 0.410 e. The number of ketones is 1. The minimum absolute atomic E-state index is 0.00963. The number of hydrogen-bond donors (Lipinski definition) is 0. The molecule has 35 heavy (non-hydrogen) atoms. The van der Waals surface area contributed by atoms with Gasteiger partial charge in [0.15, 0.2) is 0 Å². The number of amides is 1. The third kappa shape index (κ3) is 5.34. The van der Waals surface area contributed by atoms with Crippen molar-refractivity contribution in [1.29, 1.82) is 0 Å². The van der Waals surface area contributed by atoms with Gasteiger partial charge in [-0.2, -0.15) is 0 Å². The summed E-state index contributed by atoms with van der Waals surface area (Å²) >= 11 is 0. The van der Waals surface area contributed by atoms with Crippen LogP contribution in [-0.4, -0.2) is 71.8 Å². The first-order chi connectivity index (χ1) is 16.6. The first-order valence-corrected chi connectivity index (χ1v) is 12.1. The predicted octanol–water partition coefficient (Wildman–Crippen LogP) is 3.62. The number of nitrogens with zero attached hydrogens (tertiary/aromatic N) is 3. The van der Waals surface area contributed by atoms with Gasteiger partial charge in [0.05, 0.1) is 36.7 Å². The predicted molar refractivity (Wildman–Crippen MR) is 129 cm³/mol. The van der Waals surface area contributed by atoms with E-state index >= 15 is 0 Å². The molecule has 9 heteroatoms. The molecule has 190 valence electrons.